The van der Waals surface area contributed by atoms with Crippen molar-refractivity contribution in [3.8, 4) is 0 Å². The lowest BCUT2D eigenvalue weighted by atomic mass is 10.1. The third-order valence-corrected chi connectivity index (χ3v) is 5.86. The molecule has 1 amide bonds. The van der Waals surface area contributed by atoms with Crippen LogP contribution in [0.2, 0.25) is 5.02 Å². The summed E-state index contributed by atoms with van der Waals surface area (Å²) in [5.41, 5.74) is 1.82. The smallest absolute Gasteiger partial charge is 0.236 e. The van der Waals surface area contributed by atoms with E-state index >= 15 is 0 Å². The van der Waals surface area contributed by atoms with Crippen molar-refractivity contribution in [2.24, 2.45) is 0 Å². The van der Waals surface area contributed by atoms with Crippen molar-refractivity contribution in [2.75, 3.05) is 31.0 Å². The number of hydrogen-bond acceptors (Lipinski definition) is 4. The molecule has 0 aliphatic carbocycles. The van der Waals surface area contributed by atoms with E-state index in [1.165, 1.54) is 0 Å². The molecule has 0 atom stereocenters. The number of nitrogens with zero attached hydrogens (tertiary/aromatic N) is 1. The zero-order valence-electron chi connectivity index (χ0n) is 14.7. The number of amides is 1. The van der Waals surface area contributed by atoms with Crippen molar-refractivity contribution in [2.45, 2.75) is 12.2 Å². The molecule has 0 unspecified atom stereocenters. The highest BCUT2D eigenvalue weighted by atomic mass is 35.5. The van der Waals surface area contributed by atoms with Gasteiger partial charge in [-0.1, -0.05) is 41.9 Å². The molecule has 0 radical (unpaired) electrons. The van der Waals surface area contributed by atoms with Gasteiger partial charge in [0.05, 0.1) is 25.4 Å². The maximum Gasteiger partial charge on any atom is 0.236 e. The van der Waals surface area contributed by atoms with Gasteiger partial charge < -0.3 is 9.64 Å². The van der Waals surface area contributed by atoms with Gasteiger partial charge in [-0.15, -0.1) is 0 Å². The van der Waals surface area contributed by atoms with Gasteiger partial charge in [0.25, 0.3) is 0 Å². The third-order valence-electron chi connectivity index (χ3n) is 4.25. The van der Waals surface area contributed by atoms with Crippen molar-refractivity contribution >= 4 is 33.2 Å². The molecular formula is C19H21ClN2O4S. The van der Waals surface area contributed by atoms with E-state index in [2.05, 4.69) is 4.72 Å². The molecule has 2 aromatic rings. The number of benzene rings is 2. The van der Waals surface area contributed by atoms with Crippen LogP contribution in [0.3, 0.4) is 0 Å². The van der Waals surface area contributed by atoms with Gasteiger partial charge in [0.15, 0.2) is 0 Å². The average molecular weight is 409 g/mol. The van der Waals surface area contributed by atoms with Crippen LogP contribution in [0.25, 0.3) is 0 Å². The second-order valence-electron chi connectivity index (χ2n) is 6.32. The van der Waals surface area contributed by atoms with Crippen LogP contribution in [0, 0.1) is 0 Å². The Morgan fingerprint density at radius 2 is 1.74 bits per heavy atom. The highest BCUT2D eigenvalue weighted by molar-refractivity contribution is 7.91. The molecular weight excluding hydrogens is 388 g/mol. The van der Waals surface area contributed by atoms with E-state index < -0.39 is 10.0 Å². The Hall–Kier alpha value is -2.09. The lowest BCUT2D eigenvalue weighted by molar-refractivity contribution is -0.134. The zero-order valence-corrected chi connectivity index (χ0v) is 16.3. The minimum Gasteiger partial charge on any atom is -0.378 e. The van der Waals surface area contributed by atoms with E-state index in [-0.39, 0.29) is 18.1 Å². The molecule has 1 aliphatic rings. The highest BCUT2D eigenvalue weighted by Gasteiger charge is 2.17. The van der Waals surface area contributed by atoms with Crippen molar-refractivity contribution in [3.63, 3.8) is 0 Å². The summed E-state index contributed by atoms with van der Waals surface area (Å²) in [5, 5.41) is 0.417. The first-order valence-electron chi connectivity index (χ1n) is 8.61. The lowest BCUT2D eigenvalue weighted by Gasteiger charge is -2.26. The first-order chi connectivity index (χ1) is 12.9. The fourth-order valence-electron chi connectivity index (χ4n) is 2.83. The second-order valence-corrected chi connectivity index (χ2v) is 8.45. The van der Waals surface area contributed by atoms with Crippen molar-refractivity contribution in [1.82, 2.24) is 4.90 Å². The van der Waals surface area contributed by atoms with Crippen LogP contribution < -0.4 is 4.72 Å². The van der Waals surface area contributed by atoms with Crippen LogP contribution in [0.1, 0.15) is 11.1 Å². The summed E-state index contributed by atoms with van der Waals surface area (Å²) in [6.07, 6.45) is 0.284. The van der Waals surface area contributed by atoms with Gasteiger partial charge in [-0.05, 0) is 29.3 Å². The average Bonchev–Trinajstić information content (AvgIpc) is 2.65. The van der Waals surface area contributed by atoms with Gasteiger partial charge >= 0.3 is 0 Å². The standard InChI is InChI=1S/C19H21ClN2O4S/c20-18-4-2-1-3-16(18)14-27(24,25)21-17-7-5-15(6-8-17)13-19(23)22-9-11-26-12-10-22/h1-8,21H,9-14H2. The van der Waals surface area contributed by atoms with Gasteiger partial charge in [-0.25, -0.2) is 8.42 Å². The Morgan fingerprint density at radius 3 is 2.41 bits per heavy atom. The van der Waals surface area contributed by atoms with E-state index in [0.717, 1.165) is 5.56 Å². The first kappa shape index (κ1) is 19.7. The van der Waals surface area contributed by atoms with Gasteiger partial charge in [-0.2, -0.15) is 0 Å². The van der Waals surface area contributed by atoms with Crippen LogP contribution >= 0.6 is 11.6 Å². The molecule has 27 heavy (non-hydrogen) atoms. The summed E-state index contributed by atoms with van der Waals surface area (Å²) in [7, 11) is -3.59. The maximum absolute atomic E-state index is 12.3. The summed E-state index contributed by atoms with van der Waals surface area (Å²) < 4.78 is 32.5. The fraction of sp³-hybridized carbons (Fsp3) is 0.316. The highest BCUT2D eigenvalue weighted by Crippen LogP contribution is 2.20. The topological polar surface area (TPSA) is 75.7 Å². The van der Waals surface area contributed by atoms with Gasteiger partial charge in [0.2, 0.25) is 15.9 Å². The maximum atomic E-state index is 12.3. The molecule has 1 fully saturated rings. The largest absolute Gasteiger partial charge is 0.378 e. The predicted octanol–water partition coefficient (Wildman–Crippen LogP) is 2.68. The van der Waals surface area contributed by atoms with Crippen LogP contribution in [-0.4, -0.2) is 45.5 Å². The number of anilines is 1. The number of halogens is 1. The Morgan fingerprint density at radius 1 is 1.07 bits per heavy atom. The monoisotopic (exact) mass is 408 g/mol. The van der Waals surface area contributed by atoms with Gasteiger partial charge in [0, 0.05) is 23.8 Å². The Balaban J connectivity index is 1.59. The zero-order chi connectivity index (χ0) is 19.3. The molecule has 0 spiro atoms. The van der Waals surface area contributed by atoms with E-state index in [1.54, 1.807) is 53.4 Å². The quantitative estimate of drug-likeness (QED) is 0.797. The second kappa shape index (κ2) is 8.73. The molecule has 1 saturated heterocycles. The molecule has 1 N–H and O–H groups in total. The van der Waals surface area contributed by atoms with E-state index in [1.807, 2.05) is 0 Å². The summed E-state index contributed by atoms with van der Waals surface area (Å²) >= 11 is 6.03. The van der Waals surface area contributed by atoms with E-state index in [0.29, 0.717) is 42.6 Å². The van der Waals surface area contributed by atoms with Gasteiger partial charge in [-0.3, -0.25) is 9.52 Å². The van der Waals surface area contributed by atoms with Crippen molar-refractivity contribution in [1.29, 1.82) is 0 Å². The number of carbonyl (C=O) groups excluding carboxylic acids is 1. The number of sulfonamides is 1. The van der Waals surface area contributed by atoms with Crippen LogP contribution in [0.4, 0.5) is 5.69 Å². The Bertz CT molecular complexity index is 894. The number of morpholine rings is 1. The normalized spacial score (nSPS) is 14.8. The van der Waals surface area contributed by atoms with Crippen LogP contribution in [0.5, 0.6) is 0 Å². The summed E-state index contributed by atoms with van der Waals surface area (Å²) in [6.45, 7) is 2.35. The Labute approximate surface area is 164 Å². The molecule has 144 valence electrons. The number of carbonyl (C=O) groups is 1. The number of hydrogen-bond donors (Lipinski definition) is 1. The summed E-state index contributed by atoms with van der Waals surface area (Å²) in [6, 6.07) is 13.7. The van der Waals surface area contributed by atoms with Gasteiger partial charge in [0.1, 0.15) is 0 Å². The minimum absolute atomic E-state index is 0.0466. The lowest BCUT2D eigenvalue weighted by Crippen LogP contribution is -2.41. The molecule has 0 aromatic heterocycles. The van der Waals surface area contributed by atoms with E-state index in [9.17, 15) is 13.2 Å². The van der Waals surface area contributed by atoms with Crippen LogP contribution in [0.15, 0.2) is 48.5 Å². The van der Waals surface area contributed by atoms with Crippen LogP contribution in [-0.2, 0) is 31.7 Å². The molecule has 1 heterocycles. The molecule has 0 saturated carbocycles. The molecule has 3 rings (SSSR count). The summed E-state index contributed by atoms with van der Waals surface area (Å²) in [4.78, 5) is 14.0. The number of ether oxygens (including phenoxy) is 1. The molecule has 1 aliphatic heterocycles. The van der Waals surface area contributed by atoms with E-state index in [4.69, 9.17) is 16.3 Å². The molecule has 0 bridgehead atoms. The van der Waals surface area contributed by atoms with Crippen molar-refractivity contribution in [3.05, 3.63) is 64.7 Å². The third kappa shape index (κ3) is 5.69. The summed E-state index contributed by atoms with van der Waals surface area (Å²) in [5.74, 6) is -0.158. The van der Waals surface area contributed by atoms with Crippen molar-refractivity contribution < 1.29 is 17.9 Å². The number of nitrogens with one attached hydrogen (secondary N) is 1. The SMILES string of the molecule is O=C(Cc1ccc(NS(=O)(=O)Cc2ccccc2Cl)cc1)N1CCOCC1. The molecule has 6 nitrogen and oxygen atoms in total. The Kier molecular flexibility index (Phi) is 6.36. The fourth-order valence-corrected chi connectivity index (χ4v) is 4.34. The molecule has 2 aromatic carbocycles. The molecule has 8 heteroatoms. The number of rotatable bonds is 6. The minimum atomic E-state index is -3.59. The first-order valence-corrected chi connectivity index (χ1v) is 10.6. The predicted molar refractivity (Wildman–Crippen MR) is 105 cm³/mol.